The molecule has 2 heterocycles. The Morgan fingerprint density at radius 3 is 2.83 bits per heavy atom. The summed E-state index contributed by atoms with van der Waals surface area (Å²) >= 11 is 0. The summed E-state index contributed by atoms with van der Waals surface area (Å²) < 4.78 is 7.90. The molecule has 1 aliphatic rings. The second-order valence-electron chi connectivity index (χ2n) is 7.02. The third kappa shape index (κ3) is 4.58. The molecule has 2 amide bonds. The van der Waals surface area contributed by atoms with Gasteiger partial charge in [-0.3, -0.25) is 0 Å². The first-order valence-electron chi connectivity index (χ1n) is 9.85. The number of hydrogen-bond donors (Lipinski definition) is 2. The summed E-state index contributed by atoms with van der Waals surface area (Å²) in [6.07, 6.45) is 2.38. The van der Waals surface area contributed by atoms with Gasteiger partial charge in [0.1, 0.15) is 18.2 Å². The Balaban J connectivity index is 1.33. The number of nitrogens with zero attached hydrogens (tertiary/aromatic N) is 4. The zero-order chi connectivity index (χ0) is 20.8. The third-order valence-electron chi connectivity index (χ3n) is 4.96. The minimum atomic E-state index is -0.307. The zero-order valence-electron chi connectivity index (χ0n) is 16.5. The highest BCUT2D eigenvalue weighted by Crippen LogP contribution is 2.19. The number of rotatable bonds is 7. The van der Waals surface area contributed by atoms with E-state index in [1.54, 1.807) is 0 Å². The van der Waals surface area contributed by atoms with Crippen molar-refractivity contribution in [3.8, 4) is 11.8 Å². The van der Waals surface area contributed by atoms with Crippen LogP contribution < -0.4 is 15.4 Å². The van der Waals surface area contributed by atoms with Gasteiger partial charge in [-0.05, 0) is 30.2 Å². The number of hydrogen-bond acceptors (Lipinski definition) is 5. The predicted octanol–water partition coefficient (Wildman–Crippen LogP) is 3.19. The summed E-state index contributed by atoms with van der Waals surface area (Å²) in [5.74, 6) is 2.46. The average Bonchev–Trinajstić information content (AvgIpc) is 3.37. The maximum absolute atomic E-state index is 12.4. The molecule has 4 rings (SSSR count). The second-order valence-corrected chi connectivity index (χ2v) is 7.02. The highest BCUT2D eigenvalue weighted by atomic mass is 16.5. The van der Waals surface area contributed by atoms with Gasteiger partial charge in [0, 0.05) is 24.2 Å². The molecule has 0 unspecified atom stereocenters. The van der Waals surface area contributed by atoms with E-state index < -0.39 is 0 Å². The summed E-state index contributed by atoms with van der Waals surface area (Å²) in [5, 5.41) is 22.8. The lowest BCUT2D eigenvalue weighted by Crippen LogP contribution is -2.29. The minimum absolute atomic E-state index is 0.307. The molecule has 1 aliphatic heterocycles. The molecule has 2 aromatic carbocycles. The molecule has 2 N–H and O–H groups in total. The number of urea groups is 1. The normalized spacial score (nSPS) is 12.1. The number of aryl methyl sites for hydroxylation is 1. The van der Waals surface area contributed by atoms with Gasteiger partial charge >= 0.3 is 6.03 Å². The van der Waals surface area contributed by atoms with Crippen LogP contribution in [0.1, 0.15) is 29.2 Å². The molecular weight excluding hydrogens is 380 g/mol. The quantitative estimate of drug-likeness (QED) is 0.631. The number of anilines is 1. The number of nitrogens with one attached hydrogen (secondary N) is 2. The van der Waals surface area contributed by atoms with Crippen molar-refractivity contribution in [1.82, 2.24) is 20.1 Å². The van der Waals surface area contributed by atoms with Crippen LogP contribution in [0.5, 0.6) is 5.75 Å². The van der Waals surface area contributed by atoms with Gasteiger partial charge in [0.15, 0.2) is 5.82 Å². The van der Waals surface area contributed by atoms with Crippen molar-refractivity contribution < 1.29 is 9.53 Å². The standard InChI is InChI=1S/C22H22N6O2/c23-12-11-16-7-9-18(10-8-16)30-15-17-4-1-2-5-19(17)25-22(29)24-14-21-27-26-20-6-3-13-28(20)21/h1-2,4-5,7-10H,3,6,11,13-15H2,(H2,24,25,29). The molecule has 8 heteroatoms. The molecule has 0 radical (unpaired) electrons. The van der Waals surface area contributed by atoms with Gasteiger partial charge in [0.25, 0.3) is 0 Å². The Labute approximate surface area is 174 Å². The van der Waals surface area contributed by atoms with E-state index in [-0.39, 0.29) is 6.03 Å². The number of para-hydroxylation sites is 1. The average molecular weight is 402 g/mol. The van der Waals surface area contributed by atoms with Gasteiger partial charge in [-0.2, -0.15) is 5.26 Å². The van der Waals surface area contributed by atoms with E-state index in [2.05, 4.69) is 31.5 Å². The Morgan fingerprint density at radius 1 is 1.17 bits per heavy atom. The lowest BCUT2D eigenvalue weighted by molar-refractivity contribution is 0.251. The molecule has 0 fully saturated rings. The largest absolute Gasteiger partial charge is 0.489 e. The van der Waals surface area contributed by atoms with Crippen LogP contribution in [0, 0.1) is 11.3 Å². The highest BCUT2D eigenvalue weighted by molar-refractivity contribution is 5.90. The molecule has 8 nitrogen and oxygen atoms in total. The minimum Gasteiger partial charge on any atom is -0.489 e. The van der Waals surface area contributed by atoms with Crippen LogP contribution in [0.15, 0.2) is 48.5 Å². The van der Waals surface area contributed by atoms with Crippen molar-refractivity contribution in [3.05, 3.63) is 71.3 Å². The molecule has 1 aromatic heterocycles. The number of carbonyl (C=O) groups excluding carboxylic acids is 1. The second kappa shape index (κ2) is 9.09. The van der Waals surface area contributed by atoms with Gasteiger partial charge in [-0.25, -0.2) is 4.79 Å². The Kier molecular flexibility index (Phi) is 5.90. The summed E-state index contributed by atoms with van der Waals surface area (Å²) in [6, 6.07) is 16.7. The molecule has 0 aliphatic carbocycles. The maximum Gasteiger partial charge on any atom is 0.319 e. The van der Waals surface area contributed by atoms with Crippen molar-refractivity contribution in [2.45, 2.75) is 39.0 Å². The zero-order valence-corrected chi connectivity index (χ0v) is 16.5. The monoisotopic (exact) mass is 402 g/mol. The summed E-state index contributed by atoms with van der Waals surface area (Å²) in [6.45, 7) is 1.54. The Morgan fingerprint density at radius 2 is 2.00 bits per heavy atom. The molecule has 0 atom stereocenters. The number of nitriles is 1. The SMILES string of the molecule is N#CCc1ccc(OCc2ccccc2NC(=O)NCc2nnc3n2CCC3)cc1. The fraction of sp³-hybridized carbons (Fsp3) is 0.273. The number of aromatic nitrogens is 3. The molecule has 30 heavy (non-hydrogen) atoms. The van der Waals surface area contributed by atoms with Gasteiger partial charge < -0.3 is 19.9 Å². The number of fused-ring (bicyclic) bond motifs is 1. The van der Waals surface area contributed by atoms with E-state index >= 15 is 0 Å². The summed E-state index contributed by atoms with van der Waals surface area (Å²) in [7, 11) is 0. The van der Waals surface area contributed by atoms with Crippen LogP contribution in [-0.2, 0) is 32.5 Å². The van der Waals surface area contributed by atoms with Crippen LogP contribution in [0.25, 0.3) is 0 Å². The maximum atomic E-state index is 12.4. The molecule has 0 saturated carbocycles. The molecule has 3 aromatic rings. The lowest BCUT2D eigenvalue weighted by atomic mass is 10.1. The first-order valence-corrected chi connectivity index (χ1v) is 9.85. The van der Waals surface area contributed by atoms with E-state index in [1.807, 2.05) is 48.5 Å². The first kappa shape index (κ1) is 19.5. The van der Waals surface area contributed by atoms with Crippen molar-refractivity contribution in [1.29, 1.82) is 5.26 Å². The Bertz CT molecular complexity index is 1070. The smallest absolute Gasteiger partial charge is 0.319 e. The summed E-state index contributed by atoms with van der Waals surface area (Å²) in [4.78, 5) is 12.4. The first-order chi connectivity index (χ1) is 14.7. The van der Waals surface area contributed by atoms with Crippen molar-refractivity contribution in [2.24, 2.45) is 0 Å². The third-order valence-corrected chi connectivity index (χ3v) is 4.96. The fourth-order valence-electron chi connectivity index (χ4n) is 3.39. The van der Waals surface area contributed by atoms with Crippen molar-refractivity contribution in [3.63, 3.8) is 0 Å². The lowest BCUT2D eigenvalue weighted by Gasteiger charge is -2.13. The van der Waals surface area contributed by atoms with Gasteiger partial charge in [0.2, 0.25) is 0 Å². The van der Waals surface area contributed by atoms with Crippen molar-refractivity contribution >= 4 is 11.7 Å². The van der Waals surface area contributed by atoms with Crippen LogP contribution in [0.2, 0.25) is 0 Å². The van der Waals surface area contributed by atoms with Crippen LogP contribution in [-0.4, -0.2) is 20.8 Å². The van der Waals surface area contributed by atoms with Crippen LogP contribution >= 0.6 is 0 Å². The van der Waals surface area contributed by atoms with Gasteiger partial charge in [-0.1, -0.05) is 30.3 Å². The van der Waals surface area contributed by atoms with Crippen LogP contribution in [0.4, 0.5) is 10.5 Å². The van der Waals surface area contributed by atoms with E-state index in [0.717, 1.165) is 42.2 Å². The van der Waals surface area contributed by atoms with E-state index in [1.165, 1.54) is 0 Å². The molecule has 0 spiro atoms. The predicted molar refractivity (Wildman–Crippen MR) is 111 cm³/mol. The summed E-state index contributed by atoms with van der Waals surface area (Å²) in [5.41, 5.74) is 2.49. The number of carbonyl (C=O) groups is 1. The number of ether oxygens (including phenoxy) is 1. The van der Waals surface area contributed by atoms with Crippen LogP contribution in [0.3, 0.4) is 0 Å². The highest BCUT2D eigenvalue weighted by Gasteiger charge is 2.17. The van der Waals surface area contributed by atoms with Gasteiger partial charge in [0.05, 0.1) is 19.0 Å². The van der Waals surface area contributed by atoms with Gasteiger partial charge in [-0.15, -0.1) is 10.2 Å². The number of amides is 2. The molecule has 0 saturated heterocycles. The van der Waals surface area contributed by atoms with Crippen molar-refractivity contribution in [2.75, 3.05) is 5.32 Å². The molecular formula is C22H22N6O2. The number of benzene rings is 2. The van der Waals surface area contributed by atoms with E-state index in [4.69, 9.17) is 10.00 Å². The molecule has 0 bridgehead atoms. The van der Waals surface area contributed by atoms with E-state index in [0.29, 0.717) is 31.0 Å². The molecule has 152 valence electrons. The fourth-order valence-corrected chi connectivity index (χ4v) is 3.39. The van der Waals surface area contributed by atoms with E-state index in [9.17, 15) is 4.79 Å². The Hall–Kier alpha value is -3.86. The topological polar surface area (TPSA) is 105 Å².